The first-order valence-electron chi connectivity index (χ1n) is 5.64. The van der Waals surface area contributed by atoms with E-state index in [1.54, 1.807) is 0 Å². The maximum atomic E-state index is 5.88. The Kier molecular flexibility index (Phi) is 2.22. The molecule has 1 unspecified atom stereocenters. The zero-order valence-corrected chi connectivity index (χ0v) is 9.06. The van der Waals surface area contributed by atoms with Gasteiger partial charge in [-0.3, -0.25) is 4.98 Å². The zero-order valence-electron chi connectivity index (χ0n) is 9.06. The van der Waals surface area contributed by atoms with E-state index < -0.39 is 0 Å². The minimum absolute atomic E-state index is 0.231. The number of nitrogens with zero attached hydrogens (tertiary/aromatic N) is 1. The van der Waals surface area contributed by atoms with E-state index in [9.17, 15) is 0 Å². The standard InChI is InChI=1S/C14H14N2/c15-13-6-5-11(8-13)12-4-3-10-2-1-7-16-14(10)9-12/h1-4,7-9,13H,5-6,15H2. The molecule has 0 fully saturated rings. The van der Waals surface area contributed by atoms with Crippen LogP contribution in [0.3, 0.4) is 0 Å². The number of rotatable bonds is 1. The predicted octanol–water partition coefficient (Wildman–Crippen LogP) is 2.74. The van der Waals surface area contributed by atoms with E-state index >= 15 is 0 Å². The summed E-state index contributed by atoms with van der Waals surface area (Å²) in [5, 5.41) is 1.19. The van der Waals surface area contributed by atoms with Gasteiger partial charge in [0.1, 0.15) is 0 Å². The molecule has 0 saturated carbocycles. The lowest BCUT2D eigenvalue weighted by Gasteiger charge is -2.03. The van der Waals surface area contributed by atoms with Gasteiger partial charge >= 0.3 is 0 Å². The second-order valence-electron chi connectivity index (χ2n) is 4.31. The highest BCUT2D eigenvalue weighted by atomic mass is 14.6. The van der Waals surface area contributed by atoms with E-state index in [2.05, 4.69) is 35.3 Å². The first kappa shape index (κ1) is 9.55. The van der Waals surface area contributed by atoms with Gasteiger partial charge in [0.25, 0.3) is 0 Å². The number of aromatic nitrogens is 1. The molecule has 2 aromatic rings. The number of nitrogens with two attached hydrogens (primary N) is 1. The number of hydrogen-bond acceptors (Lipinski definition) is 2. The van der Waals surface area contributed by atoms with Crippen molar-refractivity contribution in [3.05, 3.63) is 48.2 Å². The van der Waals surface area contributed by atoms with Gasteiger partial charge in [-0.15, -0.1) is 0 Å². The fourth-order valence-corrected chi connectivity index (χ4v) is 2.25. The van der Waals surface area contributed by atoms with Crippen molar-refractivity contribution in [1.29, 1.82) is 0 Å². The maximum Gasteiger partial charge on any atom is 0.0708 e. The monoisotopic (exact) mass is 210 g/mol. The Morgan fingerprint density at radius 1 is 1.25 bits per heavy atom. The normalized spacial score (nSPS) is 20.1. The fourth-order valence-electron chi connectivity index (χ4n) is 2.25. The largest absolute Gasteiger partial charge is 0.324 e. The lowest BCUT2D eigenvalue weighted by molar-refractivity contribution is 0.782. The van der Waals surface area contributed by atoms with Gasteiger partial charge in [-0.25, -0.2) is 0 Å². The van der Waals surface area contributed by atoms with Gasteiger partial charge in [0.2, 0.25) is 0 Å². The van der Waals surface area contributed by atoms with Crippen molar-refractivity contribution in [3.63, 3.8) is 0 Å². The van der Waals surface area contributed by atoms with Gasteiger partial charge in [0, 0.05) is 17.6 Å². The van der Waals surface area contributed by atoms with Crippen molar-refractivity contribution in [3.8, 4) is 0 Å². The molecule has 80 valence electrons. The second-order valence-corrected chi connectivity index (χ2v) is 4.31. The van der Waals surface area contributed by atoms with E-state index in [1.165, 1.54) is 16.5 Å². The minimum atomic E-state index is 0.231. The Balaban J connectivity index is 2.09. The van der Waals surface area contributed by atoms with Crippen molar-refractivity contribution in [2.24, 2.45) is 5.73 Å². The van der Waals surface area contributed by atoms with E-state index in [4.69, 9.17) is 5.73 Å². The smallest absolute Gasteiger partial charge is 0.0708 e. The number of allylic oxidation sites excluding steroid dienone is 1. The number of hydrogen-bond donors (Lipinski definition) is 1. The average molecular weight is 210 g/mol. The molecule has 0 saturated heterocycles. The van der Waals surface area contributed by atoms with Crippen molar-refractivity contribution in [2.75, 3.05) is 0 Å². The summed E-state index contributed by atoms with van der Waals surface area (Å²) < 4.78 is 0. The first-order valence-corrected chi connectivity index (χ1v) is 5.64. The van der Waals surface area contributed by atoms with E-state index in [0.29, 0.717) is 0 Å². The molecule has 1 atom stereocenters. The molecule has 0 radical (unpaired) electrons. The van der Waals surface area contributed by atoms with E-state index in [-0.39, 0.29) is 6.04 Å². The van der Waals surface area contributed by atoms with Crippen LogP contribution in [0.2, 0.25) is 0 Å². The third kappa shape index (κ3) is 1.61. The van der Waals surface area contributed by atoms with Gasteiger partial charge < -0.3 is 5.73 Å². The van der Waals surface area contributed by atoms with E-state index in [1.807, 2.05) is 12.3 Å². The molecular weight excluding hydrogens is 196 g/mol. The number of fused-ring (bicyclic) bond motifs is 1. The Bertz CT molecular complexity index is 557. The van der Waals surface area contributed by atoms with Crippen LogP contribution in [0.1, 0.15) is 18.4 Å². The zero-order chi connectivity index (χ0) is 11.0. The molecule has 0 spiro atoms. The number of pyridine rings is 1. The first-order chi connectivity index (χ1) is 7.83. The molecule has 3 rings (SSSR count). The van der Waals surface area contributed by atoms with Crippen LogP contribution in [0.25, 0.3) is 16.5 Å². The Morgan fingerprint density at radius 2 is 2.19 bits per heavy atom. The Morgan fingerprint density at radius 3 is 3.00 bits per heavy atom. The van der Waals surface area contributed by atoms with Crippen molar-refractivity contribution in [1.82, 2.24) is 4.98 Å². The number of benzene rings is 1. The summed E-state index contributed by atoms with van der Waals surface area (Å²) in [6, 6.07) is 10.7. The van der Waals surface area contributed by atoms with Crippen molar-refractivity contribution in [2.45, 2.75) is 18.9 Å². The summed E-state index contributed by atoms with van der Waals surface area (Å²) in [7, 11) is 0. The molecule has 1 aliphatic rings. The molecule has 0 bridgehead atoms. The molecule has 0 aliphatic heterocycles. The topological polar surface area (TPSA) is 38.9 Å². The van der Waals surface area contributed by atoms with Crippen LogP contribution in [0.4, 0.5) is 0 Å². The molecule has 1 aromatic carbocycles. The van der Waals surface area contributed by atoms with Crippen molar-refractivity contribution >= 4 is 16.5 Å². The molecular formula is C14H14N2. The highest BCUT2D eigenvalue weighted by molar-refractivity contribution is 5.83. The summed E-state index contributed by atoms with van der Waals surface area (Å²) in [4.78, 5) is 4.37. The van der Waals surface area contributed by atoms with Crippen LogP contribution in [0.5, 0.6) is 0 Å². The second kappa shape index (κ2) is 3.72. The Hall–Kier alpha value is -1.67. The molecule has 1 aliphatic carbocycles. The van der Waals surface area contributed by atoms with Crippen LogP contribution < -0.4 is 5.73 Å². The van der Waals surface area contributed by atoms with Gasteiger partial charge in [0.05, 0.1) is 5.52 Å². The molecule has 2 N–H and O–H groups in total. The summed E-state index contributed by atoms with van der Waals surface area (Å²) in [6.07, 6.45) is 6.15. The fraction of sp³-hybridized carbons (Fsp3) is 0.214. The van der Waals surface area contributed by atoms with Crippen LogP contribution in [0, 0.1) is 0 Å². The summed E-state index contributed by atoms with van der Waals surface area (Å²) in [6.45, 7) is 0. The van der Waals surface area contributed by atoms with Gasteiger partial charge in [-0.2, -0.15) is 0 Å². The quantitative estimate of drug-likeness (QED) is 0.786. The third-order valence-electron chi connectivity index (χ3n) is 3.14. The maximum absolute atomic E-state index is 5.88. The van der Waals surface area contributed by atoms with Crippen LogP contribution in [-0.4, -0.2) is 11.0 Å². The Labute approximate surface area is 94.8 Å². The highest BCUT2D eigenvalue weighted by Gasteiger charge is 2.13. The molecule has 2 heteroatoms. The van der Waals surface area contributed by atoms with Crippen molar-refractivity contribution < 1.29 is 0 Å². The van der Waals surface area contributed by atoms with Crippen LogP contribution >= 0.6 is 0 Å². The van der Waals surface area contributed by atoms with Gasteiger partial charge in [-0.1, -0.05) is 24.3 Å². The van der Waals surface area contributed by atoms with Gasteiger partial charge in [-0.05, 0) is 36.1 Å². The highest BCUT2D eigenvalue weighted by Crippen LogP contribution is 2.28. The SMILES string of the molecule is NC1C=C(c2ccc3cccnc3c2)CC1. The van der Waals surface area contributed by atoms with E-state index in [0.717, 1.165) is 18.4 Å². The lowest BCUT2D eigenvalue weighted by Crippen LogP contribution is -2.11. The molecule has 1 heterocycles. The molecule has 0 amide bonds. The third-order valence-corrected chi connectivity index (χ3v) is 3.14. The van der Waals surface area contributed by atoms with Crippen LogP contribution in [0.15, 0.2) is 42.6 Å². The lowest BCUT2D eigenvalue weighted by atomic mass is 10.0. The molecule has 1 aromatic heterocycles. The average Bonchev–Trinajstić information content (AvgIpc) is 2.75. The summed E-state index contributed by atoms with van der Waals surface area (Å²) in [5.74, 6) is 0. The van der Waals surface area contributed by atoms with Crippen LogP contribution in [-0.2, 0) is 0 Å². The summed E-state index contributed by atoms with van der Waals surface area (Å²) in [5.41, 5.74) is 9.56. The molecule has 16 heavy (non-hydrogen) atoms. The predicted molar refractivity (Wildman–Crippen MR) is 66.9 cm³/mol. The summed E-state index contributed by atoms with van der Waals surface area (Å²) >= 11 is 0. The molecule has 2 nitrogen and oxygen atoms in total. The minimum Gasteiger partial charge on any atom is -0.324 e. The van der Waals surface area contributed by atoms with Gasteiger partial charge in [0.15, 0.2) is 0 Å².